The van der Waals surface area contributed by atoms with E-state index in [9.17, 15) is 15.0 Å². The van der Waals surface area contributed by atoms with Crippen LogP contribution >= 0.6 is 0 Å². The second kappa shape index (κ2) is 15.5. The fourth-order valence-electron chi connectivity index (χ4n) is 12.1. The maximum absolute atomic E-state index is 14.1. The number of ether oxygens (including phenoxy) is 10. The Labute approximate surface area is 330 Å². The summed E-state index contributed by atoms with van der Waals surface area (Å²) in [6.45, 7) is 13.1. The van der Waals surface area contributed by atoms with Crippen molar-refractivity contribution in [2.75, 3.05) is 6.61 Å². The average Bonchev–Trinajstić information content (AvgIpc) is 3.65. The molecule has 10 rings (SSSR count). The van der Waals surface area contributed by atoms with Gasteiger partial charge in [0.2, 0.25) is 0 Å². The van der Waals surface area contributed by atoms with E-state index in [2.05, 4.69) is 20.1 Å². The van der Waals surface area contributed by atoms with Crippen LogP contribution in [0.5, 0.6) is 0 Å². The summed E-state index contributed by atoms with van der Waals surface area (Å²) in [6.07, 6.45) is 2.82. The van der Waals surface area contributed by atoms with Gasteiger partial charge in [-0.2, -0.15) is 0 Å². The van der Waals surface area contributed by atoms with Crippen molar-refractivity contribution in [3.05, 3.63) is 24.3 Å². The molecule has 13 heteroatoms. The highest BCUT2D eigenvalue weighted by molar-refractivity contribution is 5.70. The molecule has 10 bridgehead atoms. The molecule has 0 saturated carbocycles. The van der Waals surface area contributed by atoms with Crippen LogP contribution in [0.4, 0.5) is 0 Å². The third-order valence-corrected chi connectivity index (χ3v) is 15.1. The fraction of sp³-hybridized carbons (Fsp3) is 0.884. The summed E-state index contributed by atoms with van der Waals surface area (Å²) >= 11 is 0. The lowest BCUT2D eigenvalue weighted by Gasteiger charge is -2.52. The van der Waals surface area contributed by atoms with E-state index >= 15 is 0 Å². The minimum Gasteiger partial charge on any atom is -0.459 e. The maximum atomic E-state index is 14.1. The number of hydrogen-bond donors (Lipinski definition) is 2. The topological polar surface area (TPSA) is 150 Å². The van der Waals surface area contributed by atoms with Crippen LogP contribution in [-0.4, -0.2) is 145 Å². The van der Waals surface area contributed by atoms with E-state index in [1.165, 1.54) is 0 Å². The molecule has 22 atom stereocenters. The number of fused-ring (bicyclic) bond motifs is 8. The Bertz CT molecular complexity index is 1490. The molecule has 0 radical (unpaired) electrons. The van der Waals surface area contributed by atoms with Gasteiger partial charge in [0, 0.05) is 31.8 Å². The van der Waals surface area contributed by atoms with Crippen LogP contribution in [0.1, 0.15) is 97.3 Å². The Morgan fingerprint density at radius 1 is 0.571 bits per heavy atom. The van der Waals surface area contributed by atoms with Gasteiger partial charge in [-0.05, 0) is 74.9 Å². The Hall–Kier alpha value is -1.49. The predicted octanol–water partition coefficient (Wildman–Crippen LogP) is 3.63. The fourth-order valence-corrected chi connectivity index (χ4v) is 12.1. The summed E-state index contributed by atoms with van der Waals surface area (Å²) in [5.74, 6) is -0.358. The van der Waals surface area contributed by atoms with E-state index in [-0.39, 0.29) is 116 Å². The molecule has 10 fully saturated rings. The Morgan fingerprint density at radius 3 is 2.04 bits per heavy atom. The van der Waals surface area contributed by atoms with Crippen LogP contribution in [0.25, 0.3) is 0 Å². The second-order valence-electron chi connectivity index (χ2n) is 18.7. The summed E-state index contributed by atoms with van der Waals surface area (Å²) in [5.41, 5.74) is 2.16. The van der Waals surface area contributed by atoms with Crippen LogP contribution in [0.15, 0.2) is 24.3 Å². The monoisotopic (exact) mass is 786 g/mol. The molecule has 0 aliphatic carbocycles. The molecule has 10 unspecified atom stereocenters. The number of hydrogen-bond acceptors (Lipinski definition) is 13. The Balaban J connectivity index is 0.927. The first-order chi connectivity index (χ1) is 27.1. The van der Waals surface area contributed by atoms with Crippen molar-refractivity contribution in [2.45, 2.75) is 219 Å². The van der Waals surface area contributed by atoms with E-state index in [4.69, 9.17) is 47.4 Å². The van der Waals surface area contributed by atoms with Crippen LogP contribution in [0, 0.1) is 11.8 Å². The number of rotatable bonds is 2. The number of carbonyl (C=O) groups excluding carboxylic acids is 1. The quantitative estimate of drug-likeness (QED) is 0.310. The lowest BCUT2D eigenvalue weighted by atomic mass is 9.79. The molecule has 0 amide bonds. The molecule has 10 aliphatic rings. The SMILES string of the molecule is C=C1CC2CC[C@H]3O[C@H]4C5CC3OC3[C@H]6O[C@H](CCC6O[C@@H]4[C@H]3O5)CC(=O)OC3[C@H](C[C@H]4O[C@@H](CC[C@@H]1O2)CC(C)C4=C)OC1CC(O)C(CCO)O[C@H]1[C@@H]3C. The van der Waals surface area contributed by atoms with Gasteiger partial charge >= 0.3 is 5.97 Å². The lowest BCUT2D eigenvalue weighted by molar-refractivity contribution is -0.301. The summed E-state index contributed by atoms with van der Waals surface area (Å²) < 4.78 is 66.9. The van der Waals surface area contributed by atoms with Crippen molar-refractivity contribution in [3.8, 4) is 0 Å². The second-order valence-corrected chi connectivity index (χ2v) is 18.7. The normalized spacial score (nSPS) is 54.4. The molecule has 312 valence electrons. The van der Waals surface area contributed by atoms with Gasteiger partial charge in [0.05, 0.1) is 91.9 Å². The van der Waals surface area contributed by atoms with Crippen LogP contribution in [0.2, 0.25) is 0 Å². The molecule has 10 saturated heterocycles. The highest BCUT2D eigenvalue weighted by Gasteiger charge is 2.64. The number of esters is 1. The van der Waals surface area contributed by atoms with Crippen molar-refractivity contribution in [1.82, 2.24) is 0 Å². The zero-order chi connectivity index (χ0) is 38.4. The largest absolute Gasteiger partial charge is 0.459 e. The van der Waals surface area contributed by atoms with Gasteiger partial charge in [-0.15, -0.1) is 0 Å². The Kier molecular flexibility index (Phi) is 10.7. The van der Waals surface area contributed by atoms with Crippen molar-refractivity contribution in [2.24, 2.45) is 11.8 Å². The number of carbonyl (C=O) groups is 1. The van der Waals surface area contributed by atoms with E-state index in [0.29, 0.717) is 25.7 Å². The smallest absolute Gasteiger partial charge is 0.308 e. The summed E-state index contributed by atoms with van der Waals surface area (Å²) in [6, 6.07) is 0. The molecule has 10 heterocycles. The molecular weight excluding hydrogens is 724 g/mol. The highest BCUT2D eigenvalue weighted by atomic mass is 16.7. The van der Waals surface area contributed by atoms with Gasteiger partial charge in [0.1, 0.15) is 36.6 Å². The third-order valence-electron chi connectivity index (χ3n) is 15.1. The van der Waals surface area contributed by atoms with Gasteiger partial charge in [0.15, 0.2) is 0 Å². The first-order valence-corrected chi connectivity index (χ1v) is 21.8. The van der Waals surface area contributed by atoms with Crippen molar-refractivity contribution in [3.63, 3.8) is 0 Å². The molecule has 56 heavy (non-hydrogen) atoms. The van der Waals surface area contributed by atoms with Gasteiger partial charge < -0.3 is 57.6 Å². The molecule has 0 aromatic carbocycles. The van der Waals surface area contributed by atoms with E-state index < -0.39 is 36.6 Å². The summed E-state index contributed by atoms with van der Waals surface area (Å²) in [5, 5.41) is 20.6. The van der Waals surface area contributed by atoms with E-state index in [0.717, 1.165) is 62.5 Å². The van der Waals surface area contributed by atoms with Crippen LogP contribution in [0.3, 0.4) is 0 Å². The van der Waals surface area contributed by atoms with Gasteiger partial charge in [-0.25, -0.2) is 0 Å². The molecule has 13 nitrogen and oxygen atoms in total. The summed E-state index contributed by atoms with van der Waals surface area (Å²) in [7, 11) is 0. The molecular formula is C43H62O13. The van der Waals surface area contributed by atoms with Crippen molar-refractivity contribution < 1.29 is 62.4 Å². The van der Waals surface area contributed by atoms with E-state index in [1.807, 2.05) is 6.92 Å². The third kappa shape index (κ3) is 7.06. The average molecular weight is 787 g/mol. The number of aliphatic hydroxyl groups excluding tert-OH is 2. The Morgan fingerprint density at radius 2 is 1.21 bits per heavy atom. The van der Waals surface area contributed by atoms with Crippen LogP contribution in [-0.2, 0) is 52.2 Å². The molecule has 0 spiro atoms. The standard InChI is InChI=1S/C43H62O13/c1-19-13-23-5-8-27-20(2)14-24(47-27)6-9-29-32-18-35-40(52-29)42-43(55-35)41(54-32)39-30(53-42)10-7-25(49-39)15-36(46)56-38-22(4)37-33(16-26(45)28(51-37)11-12-44)50-34(38)17-31(48-23)21(19)3/h19,22-35,37-45H,2-3,5-18H2,1,4H3/t19?,22-,23-,24?,25+,26?,27-,28?,29+,30?,31+,32?,33?,34-,35?,37-,38?,39-,40-,41?,42-,43-/m0/s1. The molecule has 2 N–H and O–H groups in total. The molecule has 0 aromatic heterocycles. The van der Waals surface area contributed by atoms with Crippen LogP contribution < -0.4 is 0 Å². The highest BCUT2D eigenvalue weighted by Crippen LogP contribution is 2.49. The lowest BCUT2D eigenvalue weighted by Crippen LogP contribution is -2.66. The first-order valence-electron chi connectivity index (χ1n) is 21.8. The molecule has 0 aromatic rings. The minimum absolute atomic E-state index is 0.00806. The number of aliphatic hydroxyl groups is 2. The predicted molar refractivity (Wildman–Crippen MR) is 198 cm³/mol. The molecule has 10 aliphatic heterocycles. The zero-order valence-electron chi connectivity index (χ0n) is 32.9. The van der Waals surface area contributed by atoms with Gasteiger partial charge in [-0.1, -0.05) is 27.0 Å². The van der Waals surface area contributed by atoms with Crippen molar-refractivity contribution >= 4 is 5.97 Å². The first kappa shape index (κ1) is 38.7. The van der Waals surface area contributed by atoms with Crippen molar-refractivity contribution in [1.29, 1.82) is 0 Å². The van der Waals surface area contributed by atoms with Gasteiger partial charge in [0.25, 0.3) is 0 Å². The summed E-state index contributed by atoms with van der Waals surface area (Å²) in [4.78, 5) is 14.1. The minimum atomic E-state index is -0.768. The zero-order valence-corrected chi connectivity index (χ0v) is 32.9. The maximum Gasteiger partial charge on any atom is 0.308 e. The van der Waals surface area contributed by atoms with E-state index in [1.54, 1.807) is 0 Å². The van der Waals surface area contributed by atoms with Gasteiger partial charge in [-0.3, -0.25) is 4.79 Å².